The lowest BCUT2D eigenvalue weighted by Crippen LogP contribution is -2.21. The summed E-state index contributed by atoms with van der Waals surface area (Å²) in [6.07, 6.45) is 1.46. The molecule has 0 saturated carbocycles. The van der Waals surface area contributed by atoms with E-state index in [2.05, 4.69) is 4.98 Å². The van der Waals surface area contributed by atoms with E-state index >= 15 is 0 Å². The normalized spacial score (nSPS) is 11.7. The Kier molecular flexibility index (Phi) is 5.63. The van der Waals surface area contributed by atoms with E-state index in [0.29, 0.717) is 24.0 Å². The maximum atomic E-state index is 13.2. The summed E-state index contributed by atoms with van der Waals surface area (Å²) in [6.45, 7) is 2.22. The van der Waals surface area contributed by atoms with Gasteiger partial charge in [0.2, 0.25) is 5.88 Å². The molecular formula is C20H17F2NO3. The molecule has 3 rings (SSSR count). The molecule has 134 valence electrons. The number of pyridine rings is 1. The van der Waals surface area contributed by atoms with Crippen LogP contribution in [0.5, 0.6) is 23.1 Å². The van der Waals surface area contributed by atoms with Crippen molar-refractivity contribution >= 4 is 0 Å². The van der Waals surface area contributed by atoms with Gasteiger partial charge in [-0.25, -0.2) is 13.8 Å². The predicted octanol–water partition coefficient (Wildman–Crippen LogP) is 5.00. The van der Waals surface area contributed by atoms with Crippen molar-refractivity contribution in [3.8, 4) is 23.1 Å². The van der Waals surface area contributed by atoms with Gasteiger partial charge in [-0.3, -0.25) is 0 Å². The minimum atomic E-state index is -0.693. The van der Waals surface area contributed by atoms with Crippen LogP contribution in [0.1, 0.15) is 6.92 Å². The number of halogens is 2. The quantitative estimate of drug-likeness (QED) is 0.597. The van der Waals surface area contributed by atoms with Crippen LogP contribution in [0.3, 0.4) is 0 Å². The molecule has 2 aromatic carbocycles. The van der Waals surface area contributed by atoms with Gasteiger partial charge in [0.15, 0.2) is 0 Å². The van der Waals surface area contributed by atoms with Gasteiger partial charge in [0, 0.05) is 30.5 Å². The monoisotopic (exact) mass is 357 g/mol. The molecular weight excluding hydrogens is 340 g/mol. The number of hydrogen-bond acceptors (Lipinski definition) is 4. The first-order valence-electron chi connectivity index (χ1n) is 8.03. The van der Waals surface area contributed by atoms with Gasteiger partial charge in [0.1, 0.15) is 41.6 Å². The fraction of sp³-hybridized carbons (Fsp3) is 0.150. The van der Waals surface area contributed by atoms with Gasteiger partial charge < -0.3 is 14.2 Å². The summed E-state index contributed by atoms with van der Waals surface area (Å²) in [5, 5.41) is 0. The SMILES string of the molecule is CC(COc1ccccn1)Oc1ccc(Oc2cc(F)cc(F)c2)cc1. The molecule has 1 heterocycles. The van der Waals surface area contributed by atoms with E-state index in [1.807, 2.05) is 19.1 Å². The van der Waals surface area contributed by atoms with Gasteiger partial charge in [-0.1, -0.05) is 6.07 Å². The van der Waals surface area contributed by atoms with Crippen molar-refractivity contribution in [2.45, 2.75) is 13.0 Å². The van der Waals surface area contributed by atoms with E-state index in [1.165, 1.54) is 0 Å². The molecule has 0 N–H and O–H groups in total. The summed E-state index contributed by atoms with van der Waals surface area (Å²) in [7, 11) is 0. The van der Waals surface area contributed by atoms with Crippen molar-refractivity contribution in [3.63, 3.8) is 0 Å². The lowest BCUT2D eigenvalue weighted by Gasteiger charge is -2.15. The lowest BCUT2D eigenvalue weighted by molar-refractivity contribution is 0.140. The van der Waals surface area contributed by atoms with Crippen LogP contribution in [0.2, 0.25) is 0 Å². The van der Waals surface area contributed by atoms with Crippen LogP contribution in [-0.4, -0.2) is 17.7 Å². The number of rotatable bonds is 7. The van der Waals surface area contributed by atoms with Crippen molar-refractivity contribution in [1.29, 1.82) is 0 Å². The Hall–Kier alpha value is -3.15. The minimum absolute atomic E-state index is 0.0910. The molecule has 0 aliphatic rings. The fourth-order valence-corrected chi connectivity index (χ4v) is 2.21. The Morgan fingerprint density at radius 1 is 0.885 bits per heavy atom. The van der Waals surface area contributed by atoms with Gasteiger partial charge in [0.05, 0.1) is 0 Å². The van der Waals surface area contributed by atoms with Crippen LogP contribution in [0.25, 0.3) is 0 Å². The fourth-order valence-electron chi connectivity index (χ4n) is 2.21. The van der Waals surface area contributed by atoms with Crippen molar-refractivity contribution in [2.24, 2.45) is 0 Å². The van der Waals surface area contributed by atoms with Crippen LogP contribution in [0.15, 0.2) is 66.9 Å². The highest BCUT2D eigenvalue weighted by Gasteiger charge is 2.07. The van der Waals surface area contributed by atoms with Gasteiger partial charge in [-0.2, -0.15) is 0 Å². The second kappa shape index (κ2) is 8.29. The van der Waals surface area contributed by atoms with Crippen molar-refractivity contribution in [2.75, 3.05) is 6.61 Å². The second-order valence-electron chi connectivity index (χ2n) is 5.59. The zero-order valence-electron chi connectivity index (χ0n) is 14.1. The van der Waals surface area contributed by atoms with Gasteiger partial charge >= 0.3 is 0 Å². The highest BCUT2D eigenvalue weighted by Crippen LogP contribution is 2.25. The molecule has 1 unspecified atom stereocenters. The molecule has 1 atom stereocenters. The van der Waals surface area contributed by atoms with Crippen molar-refractivity contribution in [1.82, 2.24) is 4.98 Å². The van der Waals surface area contributed by atoms with E-state index in [9.17, 15) is 8.78 Å². The van der Waals surface area contributed by atoms with Crippen LogP contribution < -0.4 is 14.2 Å². The second-order valence-corrected chi connectivity index (χ2v) is 5.59. The first-order valence-corrected chi connectivity index (χ1v) is 8.03. The molecule has 0 bridgehead atoms. The highest BCUT2D eigenvalue weighted by molar-refractivity contribution is 5.35. The summed E-state index contributed by atoms with van der Waals surface area (Å²) in [5.74, 6) is 0.310. The number of aromatic nitrogens is 1. The standard InChI is InChI=1S/C20H17F2NO3/c1-14(13-24-20-4-2-3-9-23-20)25-17-5-7-18(8-6-17)26-19-11-15(21)10-16(22)12-19/h2-12,14H,13H2,1H3. The predicted molar refractivity (Wildman–Crippen MR) is 92.7 cm³/mol. The van der Waals surface area contributed by atoms with Crippen LogP contribution in [0.4, 0.5) is 8.78 Å². The molecule has 6 heteroatoms. The Labute approximate surface area is 150 Å². The summed E-state index contributed by atoms with van der Waals surface area (Å²) in [4.78, 5) is 4.07. The first-order chi connectivity index (χ1) is 12.6. The van der Waals surface area contributed by atoms with E-state index in [0.717, 1.165) is 18.2 Å². The van der Waals surface area contributed by atoms with E-state index in [1.54, 1.807) is 36.5 Å². The molecule has 3 aromatic rings. The molecule has 0 saturated heterocycles. The van der Waals surface area contributed by atoms with Gasteiger partial charge in [0.25, 0.3) is 0 Å². The number of benzene rings is 2. The van der Waals surface area contributed by atoms with E-state index in [4.69, 9.17) is 14.2 Å². The van der Waals surface area contributed by atoms with Crippen LogP contribution in [-0.2, 0) is 0 Å². The topological polar surface area (TPSA) is 40.6 Å². The molecule has 0 fully saturated rings. The zero-order chi connectivity index (χ0) is 18.4. The number of hydrogen-bond donors (Lipinski definition) is 0. The largest absolute Gasteiger partial charge is 0.487 e. The van der Waals surface area contributed by atoms with Crippen LogP contribution >= 0.6 is 0 Å². The Morgan fingerprint density at radius 2 is 1.58 bits per heavy atom. The average Bonchev–Trinajstić information content (AvgIpc) is 2.62. The first kappa shape index (κ1) is 17.7. The molecule has 0 amide bonds. The van der Waals surface area contributed by atoms with Crippen molar-refractivity contribution < 1.29 is 23.0 Å². The van der Waals surface area contributed by atoms with Crippen LogP contribution in [0, 0.1) is 11.6 Å². The highest BCUT2D eigenvalue weighted by atomic mass is 19.1. The smallest absolute Gasteiger partial charge is 0.213 e. The Balaban J connectivity index is 1.53. The molecule has 26 heavy (non-hydrogen) atoms. The summed E-state index contributed by atoms with van der Waals surface area (Å²) in [5.41, 5.74) is 0. The third-order valence-corrected chi connectivity index (χ3v) is 3.34. The molecule has 0 aliphatic heterocycles. The Bertz CT molecular complexity index is 821. The Morgan fingerprint density at radius 3 is 2.23 bits per heavy atom. The maximum Gasteiger partial charge on any atom is 0.213 e. The summed E-state index contributed by atoms with van der Waals surface area (Å²) >= 11 is 0. The average molecular weight is 357 g/mol. The van der Waals surface area contributed by atoms with Gasteiger partial charge in [-0.15, -0.1) is 0 Å². The minimum Gasteiger partial charge on any atom is -0.487 e. The molecule has 0 radical (unpaired) electrons. The van der Waals surface area contributed by atoms with Crippen molar-refractivity contribution in [3.05, 3.63) is 78.5 Å². The maximum absolute atomic E-state index is 13.2. The molecule has 1 aromatic heterocycles. The van der Waals surface area contributed by atoms with E-state index in [-0.39, 0.29) is 11.9 Å². The third kappa shape index (κ3) is 5.17. The lowest BCUT2D eigenvalue weighted by atomic mass is 10.3. The summed E-state index contributed by atoms with van der Waals surface area (Å²) < 4.78 is 43.1. The zero-order valence-corrected chi connectivity index (χ0v) is 14.1. The molecule has 0 spiro atoms. The molecule has 4 nitrogen and oxygen atoms in total. The summed E-state index contributed by atoms with van der Waals surface area (Å²) in [6, 6.07) is 15.2. The third-order valence-electron chi connectivity index (χ3n) is 3.34. The number of nitrogens with zero attached hydrogens (tertiary/aromatic N) is 1. The number of ether oxygens (including phenoxy) is 3. The molecule has 0 aliphatic carbocycles. The van der Waals surface area contributed by atoms with E-state index < -0.39 is 11.6 Å². The van der Waals surface area contributed by atoms with Gasteiger partial charge in [-0.05, 0) is 37.3 Å².